The maximum absolute atomic E-state index is 13.9. The van der Waals surface area contributed by atoms with Crippen LogP contribution < -0.4 is 10.7 Å². The van der Waals surface area contributed by atoms with Crippen LogP contribution in [0.15, 0.2) is 69.3 Å². The molecule has 0 spiro atoms. The zero-order valence-electron chi connectivity index (χ0n) is 20.7. The second kappa shape index (κ2) is 7.95. The van der Waals surface area contributed by atoms with Gasteiger partial charge in [-0.05, 0) is 42.7 Å². The minimum Gasteiger partial charge on any atom is -0.464 e. The lowest BCUT2D eigenvalue weighted by Crippen LogP contribution is -2.33. The average Bonchev–Trinajstić information content (AvgIpc) is 3.30. The Kier molecular flexibility index (Phi) is 4.93. The topological polar surface area (TPSA) is 84.6 Å². The highest BCUT2D eigenvalue weighted by atomic mass is 16.3. The monoisotopic (exact) mass is 481 g/mol. The summed E-state index contributed by atoms with van der Waals surface area (Å²) < 4.78 is 8.13. The summed E-state index contributed by atoms with van der Waals surface area (Å²) in [6.07, 6.45) is 3.54. The Labute approximate surface area is 208 Å². The van der Waals surface area contributed by atoms with Crippen molar-refractivity contribution in [1.29, 1.82) is 0 Å². The lowest BCUT2D eigenvalue weighted by molar-refractivity contribution is -0.139. The fourth-order valence-corrected chi connectivity index (χ4v) is 5.60. The third-order valence-corrected chi connectivity index (χ3v) is 7.15. The molecule has 6 rings (SSSR count). The number of hydrogen-bond acceptors (Lipinski definition) is 5. The van der Waals surface area contributed by atoms with Crippen LogP contribution in [0.5, 0.6) is 0 Å². The maximum atomic E-state index is 13.9. The van der Waals surface area contributed by atoms with E-state index in [1.165, 1.54) is 18.1 Å². The highest BCUT2D eigenvalue weighted by molar-refractivity contribution is 6.11. The minimum atomic E-state index is -0.676. The number of hydrogen-bond donors (Lipinski definition) is 1. The van der Waals surface area contributed by atoms with E-state index in [9.17, 15) is 14.4 Å². The molecule has 7 nitrogen and oxygen atoms in total. The number of aromatic nitrogens is 1. The molecule has 2 aromatic heterocycles. The van der Waals surface area contributed by atoms with Gasteiger partial charge in [-0.3, -0.25) is 19.3 Å². The zero-order valence-corrected chi connectivity index (χ0v) is 20.7. The summed E-state index contributed by atoms with van der Waals surface area (Å²) >= 11 is 0. The minimum absolute atomic E-state index is 0.144. The number of amides is 2. The molecule has 0 bridgehead atoms. The molecular formula is C29H27N3O4. The molecule has 0 aliphatic carbocycles. The number of rotatable bonds is 3. The smallest absolute Gasteiger partial charge is 0.259 e. The SMILES string of the molecule is CC(=O)N1CC2=C(C1=O)[C@@H](c1coc3ccc(C)cc3c1=O)c1cn(CC(C)C)c3cccc(c13)N2. The van der Waals surface area contributed by atoms with Crippen LogP contribution in [-0.2, 0) is 16.1 Å². The Balaban J connectivity index is 1.68. The largest absolute Gasteiger partial charge is 0.464 e. The highest BCUT2D eigenvalue weighted by Gasteiger charge is 2.42. The van der Waals surface area contributed by atoms with Crippen LogP contribution >= 0.6 is 0 Å². The molecular weight excluding hydrogens is 454 g/mol. The molecule has 0 saturated heterocycles. The van der Waals surface area contributed by atoms with Crippen molar-refractivity contribution >= 4 is 39.4 Å². The van der Waals surface area contributed by atoms with Gasteiger partial charge >= 0.3 is 0 Å². The van der Waals surface area contributed by atoms with Crippen molar-refractivity contribution in [2.24, 2.45) is 5.92 Å². The first-order valence-corrected chi connectivity index (χ1v) is 12.2. The second-order valence-corrected chi connectivity index (χ2v) is 10.2. The highest BCUT2D eigenvalue weighted by Crippen LogP contribution is 2.46. The van der Waals surface area contributed by atoms with Crippen molar-refractivity contribution in [2.45, 2.75) is 40.2 Å². The van der Waals surface area contributed by atoms with Crippen molar-refractivity contribution in [3.63, 3.8) is 0 Å². The Morgan fingerprint density at radius 1 is 1.17 bits per heavy atom. The molecule has 4 heterocycles. The van der Waals surface area contributed by atoms with Crippen LogP contribution in [0.2, 0.25) is 0 Å². The summed E-state index contributed by atoms with van der Waals surface area (Å²) in [6.45, 7) is 8.56. The van der Waals surface area contributed by atoms with Crippen LogP contribution in [0.1, 0.15) is 43.4 Å². The molecule has 2 amide bonds. The van der Waals surface area contributed by atoms with Crippen LogP contribution in [0.3, 0.4) is 0 Å². The number of anilines is 1. The lowest BCUT2D eigenvalue weighted by Gasteiger charge is -2.19. The fourth-order valence-electron chi connectivity index (χ4n) is 5.60. The van der Waals surface area contributed by atoms with E-state index in [0.29, 0.717) is 33.7 Å². The summed E-state index contributed by atoms with van der Waals surface area (Å²) in [5.74, 6) is -0.983. The summed E-state index contributed by atoms with van der Waals surface area (Å²) in [4.78, 5) is 41.2. The number of nitrogens with one attached hydrogen (secondary N) is 1. The van der Waals surface area contributed by atoms with E-state index in [4.69, 9.17) is 4.42 Å². The first-order chi connectivity index (χ1) is 17.2. The first kappa shape index (κ1) is 22.3. The van der Waals surface area contributed by atoms with E-state index in [-0.39, 0.29) is 23.8 Å². The molecule has 2 aliphatic heterocycles. The van der Waals surface area contributed by atoms with Gasteiger partial charge in [0.25, 0.3) is 5.91 Å². The van der Waals surface area contributed by atoms with Gasteiger partial charge in [-0.25, -0.2) is 0 Å². The molecule has 0 unspecified atom stereocenters. The molecule has 7 heteroatoms. The standard InChI is InChI=1S/C29H27N3O4/c1-15(2)11-31-12-19-25(20-14-36-24-9-8-16(3)10-18(24)28(20)34)27-22(13-32(17(4)33)29(27)35)30-21-6-5-7-23(31)26(19)21/h5-10,12,14-15,25,30H,11,13H2,1-4H3/t25-/m1/s1. The van der Waals surface area contributed by atoms with Crippen molar-refractivity contribution in [3.8, 4) is 0 Å². The van der Waals surface area contributed by atoms with Gasteiger partial charge in [0.05, 0.1) is 35.2 Å². The van der Waals surface area contributed by atoms with E-state index in [2.05, 4.69) is 36.0 Å². The van der Waals surface area contributed by atoms with Gasteiger partial charge in [0, 0.05) is 42.0 Å². The number of carbonyl (C=O) groups excluding carboxylic acids is 2. The Bertz CT molecular complexity index is 1690. The zero-order chi connectivity index (χ0) is 25.3. The number of fused-ring (bicyclic) bond motifs is 1. The fraction of sp³-hybridized carbons (Fsp3) is 0.276. The first-order valence-electron chi connectivity index (χ1n) is 12.2. The predicted molar refractivity (Wildman–Crippen MR) is 139 cm³/mol. The Hall–Kier alpha value is -4.13. The van der Waals surface area contributed by atoms with Crippen LogP contribution in [0.4, 0.5) is 5.69 Å². The number of nitrogens with zero attached hydrogens (tertiary/aromatic N) is 2. The predicted octanol–water partition coefficient (Wildman–Crippen LogP) is 4.91. The van der Waals surface area contributed by atoms with Crippen molar-refractivity contribution in [2.75, 3.05) is 11.9 Å². The van der Waals surface area contributed by atoms with E-state index in [0.717, 1.165) is 34.3 Å². The molecule has 182 valence electrons. The Morgan fingerprint density at radius 2 is 1.97 bits per heavy atom. The summed E-state index contributed by atoms with van der Waals surface area (Å²) in [6, 6.07) is 11.5. The molecule has 0 radical (unpaired) electrons. The van der Waals surface area contributed by atoms with Crippen LogP contribution in [0, 0.1) is 12.8 Å². The number of imide groups is 1. The summed E-state index contributed by atoms with van der Waals surface area (Å²) in [5.41, 5.74) is 5.48. The summed E-state index contributed by atoms with van der Waals surface area (Å²) in [5, 5.41) is 4.91. The van der Waals surface area contributed by atoms with E-state index >= 15 is 0 Å². The lowest BCUT2D eigenvalue weighted by atomic mass is 9.84. The van der Waals surface area contributed by atoms with Gasteiger partial charge in [0.2, 0.25) is 5.91 Å². The van der Waals surface area contributed by atoms with Crippen molar-refractivity contribution < 1.29 is 14.0 Å². The third-order valence-electron chi connectivity index (χ3n) is 7.15. The number of benzene rings is 2. The van der Waals surface area contributed by atoms with Crippen LogP contribution in [-0.4, -0.2) is 27.8 Å². The normalized spacial score (nSPS) is 17.2. The molecule has 1 N–H and O–H groups in total. The van der Waals surface area contributed by atoms with Crippen LogP contribution in [0.25, 0.3) is 21.9 Å². The Morgan fingerprint density at radius 3 is 2.72 bits per heavy atom. The van der Waals surface area contributed by atoms with Gasteiger partial charge in [0.1, 0.15) is 5.58 Å². The summed E-state index contributed by atoms with van der Waals surface area (Å²) in [7, 11) is 0. The number of aryl methyl sites for hydroxylation is 1. The van der Waals surface area contributed by atoms with E-state index in [1.54, 1.807) is 6.07 Å². The van der Waals surface area contributed by atoms with E-state index < -0.39 is 5.92 Å². The number of carbonyl (C=O) groups is 2. The van der Waals surface area contributed by atoms with Gasteiger partial charge in [-0.15, -0.1) is 0 Å². The second-order valence-electron chi connectivity index (χ2n) is 10.2. The van der Waals surface area contributed by atoms with Gasteiger partial charge < -0.3 is 14.3 Å². The molecule has 4 aromatic rings. The molecule has 1 atom stereocenters. The van der Waals surface area contributed by atoms with Gasteiger partial charge in [-0.1, -0.05) is 31.5 Å². The van der Waals surface area contributed by atoms with Crippen molar-refractivity contribution in [3.05, 3.63) is 87.0 Å². The molecule has 36 heavy (non-hydrogen) atoms. The van der Waals surface area contributed by atoms with Gasteiger partial charge in [0.15, 0.2) is 5.43 Å². The van der Waals surface area contributed by atoms with Gasteiger partial charge in [-0.2, -0.15) is 0 Å². The quantitative estimate of drug-likeness (QED) is 0.449. The van der Waals surface area contributed by atoms with Crippen molar-refractivity contribution in [1.82, 2.24) is 9.47 Å². The average molecular weight is 482 g/mol. The molecule has 0 saturated carbocycles. The maximum Gasteiger partial charge on any atom is 0.259 e. The van der Waals surface area contributed by atoms with E-state index in [1.807, 2.05) is 31.2 Å². The third kappa shape index (κ3) is 3.22. The molecule has 2 aromatic carbocycles. The molecule has 0 fully saturated rings. The molecule has 2 aliphatic rings.